The Kier molecular flexibility index (Phi) is 7.17. The molecule has 0 fully saturated rings. The van der Waals surface area contributed by atoms with Crippen LogP contribution >= 0.6 is 31.9 Å². The van der Waals surface area contributed by atoms with Gasteiger partial charge in [-0.05, 0) is 75.5 Å². The van der Waals surface area contributed by atoms with E-state index in [4.69, 9.17) is 18.9 Å². The van der Waals surface area contributed by atoms with Crippen molar-refractivity contribution in [1.82, 2.24) is 9.66 Å². The Morgan fingerprint density at radius 3 is 2.62 bits per heavy atom. The van der Waals surface area contributed by atoms with Crippen molar-refractivity contribution in [2.75, 3.05) is 7.11 Å². The van der Waals surface area contributed by atoms with Crippen LogP contribution in [-0.4, -0.2) is 29.1 Å². The predicted molar refractivity (Wildman–Crippen MR) is 153 cm³/mol. The third-order valence-electron chi connectivity index (χ3n) is 5.98. The molecular formula is C28H23Br2N3O4. The van der Waals surface area contributed by atoms with Gasteiger partial charge < -0.3 is 13.9 Å². The zero-order valence-corrected chi connectivity index (χ0v) is 23.5. The van der Waals surface area contributed by atoms with Crippen LogP contribution in [0.1, 0.15) is 25.8 Å². The molecule has 5 aromatic rings. The summed E-state index contributed by atoms with van der Waals surface area (Å²) in [7, 11) is 1.58. The Morgan fingerprint density at radius 1 is 1.11 bits per heavy atom. The number of para-hydroxylation sites is 2. The van der Waals surface area contributed by atoms with Gasteiger partial charge in [-0.15, -0.1) is 0 Å². The van der Waals surface area contributed by atoms with Gasteiger partial charge in [-0.3, -0.25) is 4.79 Å². The van der Waals surface area contributed by atoms with Gasteiger partial charge in [0.15, 0.2) is 17.3 Å². The summed E-state index contributed by atoms with van der Waals surface area (Å²) in [4.78, 5) is 18.3. The molecule has 0 N–H and O–H groups in total. The second-order valence-corrected chi connectivity index (χ2v) is 10.0. The first-order chi connectivity index (χ1) is 17.9. The number of nitrogens with zero attached hydrogens (tertiary/aromatic N) is 3. The summed E-state index contributed by atoms with van der Waals surface area (Å²) in [5.74, 6) is 1.87. The minimum absolute atomic E-state index is 0.00485. The van der Waals surface area contributed by atoms with Gasteiger partial charge in [0.05, 0.1) is 34.8 Å². The van der Waals surface area contributed by atoms with Crippen molar-refractivity contribution in [1.29, 1.82) is 0 Å². The fourth-order valence-corrected chi connectivity index (χ4v) is 4.76. The quantitative estimate of drug-likeness (QED) is 0.176. The van der Waals surface area contributed by atoms with Crippen LogP contribution in [0, 0.1) is 0 Å². The maximum atomic E-state index is 13.5. The molecule has 0 aliphatic heterocycles. The Bertz CT molecular complexity index is 1670. The average molecular weight is 625 g/mol. The summed E-state index contributed by atoms with van der Waals surface area (Å²) in [5.41, 5.74) is 1.63. The molecule has 0 aliphatic rings. The summed E-state index contributed by atoms with van der Waals surface area (Å²) in [6.45, 7) is 4.05. The molecule has 2 heterocycles. The lowest BCUT2D eigenvalue weighted by molar-refractivity contribution is 0.206. The minimum Gasteiger partial charge on any atom is -0.493 e. The lowest BCUT2D eigenvalue weighted by Crippen LogP contribution is -2.20. The highest BCUT2D eigenvalue weighted by molar-refractivity contribution is 9.13. The largest absolute Gasteiger partial charge is 0.493 e. The van der Waals surface area contributed by atoms with Gasteiger partial charge in [-0.1, -0.05) is 37.3 Å². The molecule has 0 aliphatic carbocycles. The van der Waals surface area contributed by atoms with Crippen molar-refractivity contribution >= 4 is 59.9 Å². The van der Waals surface area contributed by atoms with E-state index in [-0.39, 0.29) is 11.7 Å². The first-order valence-corrected chi connectivity index (χ1v) is 13.3. The van der Waals surface area contributed by atoms with Crippen LogP contribution < -0.4 is 15.0 Å². The van der Waals surface area contributed by atoms with Crippen LogP contribution in [0.5, 0.6) is 11.5 Å². The van der Waals surface area contributed by atoms with Crippen LogP contribution in [-0.2, 0) is 0 Å². The monoisotopic (exact) mass is 623 g/mol. The molecule has 0 amide bonds. The topological polar surface area (TPSA) is 78.8 Å². The standard InChI is InChI=1S/C28H23Br2N3O4/c1-4-16(2)36-26-22(35-3)14-18(24(29)25(26)30)15-31-33-27(23-13-17-9-5-8-12-21(17)37-23)32-20-11-7-6-10-19(20)28(33)34/h5-16H,4H2,1-3H3/t16-/m1/s1. The smallest absolute Gasteiger partial charge is 0.282 e. The number of methoxy groups -OCH3 is 1. The highest BCUT2D eigenvalue weighted by atomic mass is 79.9. The number of fused-ring (bicyclic) bond motifs is 2. The number of aromatic nitrogens is 2. The molecule has 1 atom stereocenters. The van der Waals surface area contributed by atoms with Crippen molar-refractivity contribution in [3.8, 4) is 23.1 Å². The molecule has 7 nitrogen and oxygen atoms in total. The van der Waals surface area contributed by atoms with Gasteiger partial charge in [0.1, 0.15) is 5.58 Å². The summed E-state index contributed by atoms with van der Waals surface area (Å²) >= 11 is 7.24. The lowest BCUT2D eigenvalue weighted by atomic mass is 10.2. The van der Waals surface area contributed by atoms with Gasteiger partial charge in [-0.2, -0.15) is 9.78 Å². The molecule has 0 saturated heterocycles. The van der Waals surface area contributed by atoms with Crippen LogP contribution in [0.3, 0.4) is 0 Å². The Hall–Kier alpha value is -3.43. The van der Waals surface area contributed by atoms with Crippen molar-refractivity contribution < 1.29 is 13.9 Å². The third kappa shape index (κ3) is 4.81. The first-order valence-electron chi connectivity index (χ1n) is 11.7. The molecule has 0 unspecified atom stereocenters. The normalized spacial score (nSPS) is 12.5. The fourth-order valence-electron chi connectivity index (χ4n) is 3.85. The zero-order chi connectivity index (χ0) is 26.1. The number of ether oxygens (including phenoxy) is 2. The van der Waals surface area contributed by atoms with Crippen molar-refractivity contribution in [3.63, 3.8) is 0 Å². The molecule has 0 radical (unpaired) electrons. The molecule has 9 heteroatoms. The van der Waals surface area contributed by atoms with Crippen LogP contribution in [0.25, 0.3) is 33.5 Å². The van der Waals surface area contributed by atoms with Gasteiger partial charge >= 0.3 is 0 Å². The molecule has 188 valence electrons. The van der Waals surface area contributed by atoms with E-state index < -0.39 is 0 Å². The van der Waals surface area contributed by atoms with E-state index in [1.165, 1.54) is 4.68 Å². The SMILES string of the molecule is CC[C@@H](C)Oc1c(OC)cc(C=Nn2c(-c3cc4ccccc4o3)nc3ccccc3c2=O)c(Br)c1Br. The second kappa shape index (κ2) is 10.5. The van der Waals surface area contributed by atoms with Gasteiger partial charge in [-0.25, -0.2) is 4.98 Å². The molecule has 3 aromatic carbocycles. The fraction of sp³-hybridized carbons (Fsp3) is 0.179. The number of hydrogen-bond donors (Lipinski definition) is 0. The van der Waals surface area contributed by atoms with Gasteiger partial charge in [0.2, 0.25) is 5.82 Å². The van der Waals surface area contributed by atoms with E-state index in [1.54, 1.807) is 37.6 Å². The van der Waals surface area contributed by atoms with Crippen molar-refractivity contribution in [2.45, 2.75) is 26.4 Å². The number of furan rings is 1. The van der Waals surface area contributed by atoms with E-state index in [0.29, 0.717) is 54.1 Å². The third-order valence-corrected chi connectivity index (χ3v) is 8.12. The lowest BCUT2D eigenvalue weighted by Gasteiger charge is -2.18. The maximum absolute atomic E-state index is 13.5. The minimum atomic E-state index is -0.309. The molecule has 0 saturated carbocycles. The second-order valence-electron chi connectivity index (χ2n) is 8.42. The van der Waals surface area contributed by atoms with Gasteiger partial charge in [0.25, 0.3) is 5.56 Å². The number of hydrogen-bond acceptors (Lipinski definition) is 6. The van der Waals surface area contributed by atoms with Crippen LogP contribution in [0.15, 0.2) is 83.9 Å². The summed E-state index contributed by atoms with van der Waals surface area (Å²) in [6, 6.07) is 18.5. The highest BCUT2D eigenvalue weighted by Gasteiger charge is 2.20. The van der Waals surface area contributed by atoms with E-state index in [2.05, 4.69) is 43.9 Å². The van der Waals surface area contributed by atoms with E-state index in [9.17, 15) is 4.79 Å². The van der Waals surface area contributed by atoms with Crippen LogP contribution in [0.2, 0.25) is 0 Å². The Morgan fingerprint density at radius 2 is 1.86 bits per heavy atom. The zero-order valence-electron chi connectivity index (χ0n) is 20.4. The van der Waals surface area contributed by atoms with Crippen LogP contribution in [0.4, 0.5) is 0 Å². The van der Waals surface area contributed by atoms with Crippen molar-refractivity contribution in [3.05, 3.63) is 85.5 Å². The van der Waals surface area contributed by atoms with Crippen molar-refractivity contribution in [2.24, 2.45) is 5.10 Å². The summed E-state index contributed by atoms with van der Waals surface area (Å²) in [5, 5.41) is 5.93. The maximum Gasteiger partial charge on any atom is 0.282 e. The molecule has 0 spiro atoms. The van der Waals surface area contributed by atoms with E-state index >= 15 is 0 Å². The first kappa shape index (κ1) is 25.2. The average Bonchev–Trinajstić information content (AvgIpc) is 3.35. The number of benzene rings is 3. The van der Waals surface area contributed by atoms with E-state index in [1.807, 2.05) is 43.3 Å². The molecule has 37 heavy (non-hydrogen) atoms. The molecular weight excluding hydrogens is 602 g/mol. The molecule has 2 aromatic heterocycles. The number of halogens is 2. The Labute approximate surface area is 230 Å². The number of rotatable bonds is 7. The molecule has 0 bridgehead atoms. The molecule has 5 rings (SSSR count). The van der Waals surface area contributed by atoms with E-state index in [0.717, 1.165) is 11.8 Å². The van der Waals surface area contributed by atoms with Gasteiger partial charge in [0, 0.05) is 15.4 Å². The Balaban J connectivity index is 1.67. The highest BCUT2D eigenvalue weighted by Crippen LogP contribution is 2.43. The summed E-state index contributed by atoms with van der Waals surface area (Å²) in [6.07, 6.45) is 2.43. The predicted octanol–water partition coefficient (Wildman–Crippen LogP) is 7.40. The summed E-state index contributed by atoms with van der Waals surface area (Å²) < 4.78 is 20.4.